The number of nitrogens with one attached hydrogen (secondary N) is 1. The third-order valence-electron chi connectivity index (χ3n) is 2.92. The molecule has 0 aromatic carbocycles. The monoisotopic (exact) mass is 275 g/mol. The topological polar surface area (TPSA) is 65.5 Å². The van der Waals surface area contributed by atoms with Crippen LogP contribution in [0.15, 0.2) is 18.3 Å². The van der Waals surface area contributed by atoms with Crippen LogP contribution >= 0.6 is 0 Å². The van der Waals surface area contributed by atoms with Crippen molar-refractivity contribution in [2.45, 2.75) is 13.8 Å². The van der Waals surface area contributed by atoms with Crippen molar-refractivity contribution in [3.63, 3.8) is 0 Å². The minimum atomic E-state index is -0.187. The first kappa shape index (κ1) is 16.2. The molecule has 1 heterocycles. The Labute approximate surface area is 120 Å². The molecule has 0 aliphatic heterocycles. The van der Waals surface area contributed by atoms with E-state index in [1.807, 2.05) is 0 Å². The second-order valence-electron chi connectivity index (χ2n) is 4.17. The summed E-state index contributed by atoms with van der Waals surface area (Å²) in [4.78, 5) is 18.2. The summed E-state index contributed by atoms with van der Waals surface area (Å²) in [7, 11) is 0. The van der Waals surface area contributed by atoms with Gasteiger partial charge in [0, 0.05) is 24.8 Å². The van der Waals surface area contributed by atoms with E-state index in [9.17, 15) is 4.79 Å². The molecule has 0 aliphatic carbocycles. The SMILES string of the molecule is CCN(CC)CCNC(=O)c1ccc(C#CCO)cn1. The molecule has 1 aromatic heterocycles. The van der Waals surface area contributed by atoms with E-state index in [1.54, 1.807) is 12.1 Å². The van der Waals surface area contributed by atoms with E-state index in [-0.39, 0.29) is 12.5 Å². The van der Waals surface area contributed by atoms with Crippen LogP contribution in [-0.2, 0) is 0 Å². The van der Waals surface area contributed by atoms with Gasteiger partial charge in [0.15, 0.2) is 0 Å². The molecule has 5 heteroatoms. The Morgan fingerprint density at radius 2 is 2.15 bits per heavy atom. The largest absolute Gasteiger partial charge is 0.384 e. The lowest BCUT2D eigenvalue weighted by Crippen LogP contribution is -2.35. The lowest BCUT2D eigenvalue weighted by Gasteiger charge is -2.17. The average molecular weight is 275 g/mol. The normalized spacial score (nSPS) is 10.0. The molecule has 20 heavy (non-hydrogen) atoms. The Hall–Kier alpha value is -1.90. The van der Waals surface area contributed by atoms with Crippen LogP contribution < -0.4 is 5.32 Å². The third kappa shape index (κ3) is 5.39. The van der Waals surface area contributed by atoms with E-state index in [2.05, 4.69) is 40.9 Å². The molecule has 0 bridgehead atoms. The van der Waals surface area contributed by atoms with Crippen LogP contribution in [0.4, 0.5) is 0 Å². The lowest BCUT2D eigenvalue weighted by atomic mass is 10.2. The number of nitrogens with zero attached hydrogens (tertiary/aromatic N) is 2. The maximum atomic E-state index is 11.9. The highest BCUT2D eigenvalue weighted by Crippen LogP contribution is 1.98. The number of amides is 1. The van der Waals surface area contributed by atoms with E-state index in [4.69, 9.17) is 5.11 Å². The molecule has 0 aliphatic rings. The molecule has 2 N–H and O–H groups in total. The molecule has 1 amide bonds. The van der Waals surface area contributed by atoms with Crippen molar-refractivity contribution >= 4 is 5.91 Å². The van der Waals surface area contributed by atoms with Crippen LogP contribution in [0.3, 0.4) is 0 Å². The first-order valence-corrected chi connectivity index (χ1v) is 6.77. The van der Waals surface area contributed by atoms with Crippen molar-refractivity contribution in [1.82, 2.24) is 15.2 Å². The number of carbonyl (C=O) groups excluding carboxylic acids is 1. The van der Waals surface area contributed by atoms with E-state index in [1.165, 1.54) is 6.20 Å². The maximum Gasteiger partial charge on any atom is 0.269 e. The lowest BCUT2D eigenvalue weighted by molar-refractivity contribution is 0.0944. The van der Waals surface area contributed by atoms with Gasteiger partial charge in [-0.25, -0.2) is 4.98 Å². The van der Waals surface area contributed by atoms with Crippen LogP contribution in [-0.4, -0.2) is 53.7 Å². The number of carbonyl (C=O) groups is 1. The van der Waals surface area contributed by atoms with Gasteiger partial charge in [0.1, 0.15) is 12.3 Å². The molecule has 108 valence electrons. The van der Waals surface area contributed by atoms with Crippen molar-refractivity contribution in [2.75, 3.05) is 32.8 Å². The fourth-order valence-electron chi connectivity index (χ4n) is 1.70. The molecule has 1 rings (SSSR count). The fraction of sp³-hybridized carbons (Fsp3) is 0.467. The highest BCUT2D eigenvalue weighted by Gasteiger charge is 2.06. The van der Waals surface area contributed by atoms with Gasteiger partial charge in [-0.05, 0) is 25.2 Å². The highest BCUT2D eigenvalue weighted by molar-refractivity contribution is 5.92. The summed E-state index contributed by atoms with van der Waals surface area (Å²) in [5.41, 5.74) is 1.05. The molecule has 0 atom stereocenters. The summed E-state index contributed by atoms with van der Waals surface area (Å²) in [5.74, 6) is 5.08. The number of likely N-dealkylation sites (N-methyl/N-ethyl adjacent to an activating group) is 1. The predicted molar refractivity (Wildman–Crippen MR) is 78.3 cm³/mol. The van der Waals surface area contributed by atoms with Gasteiger partial charge in [0.2, 0.25) is 0 Å². The van der Waals surface area contributed by atoms with Crippen molar-refractivity contribution in [3.8, 4) is 11.8 Å². The summed E-state index contributed by atoms with van der Waals surface area (Å²) in [6, 6.07) is 3.35. The number of aliphatic hydroxyl groups is 1. The van der Waals surface area contributed by atoms with E-state index in [0.29, 0.717) is 17.8 Å². The molecular weight excluding hydrogens is 254 g/mol. The second-order valence-corrected chi connectivity index (χ2v) is 4.17. The Kier molecular flexibility index (Phi) is 7.33. The molecule has 0 fully saturated rings. The average Bonchev–Trinajstić information content (AvgIpc) is 2.50. The van der Waals surface area contributed by atoms with Gasteiger partial charge >= 0.3 is 0 Å². The summed E-state index contributed by atoms with van der Waals surface area (Å²) >= 11 is 0. The van der Waals surface area contributed by atoms with Crippen LogP contribution in [0.5, 0.6) is 0 Å². The van der Waals surface area contributed by atoms with E-state index in [0.717, 1.165) is 19.6 Å². The summed E-state index contributed by atoms with van der Waals surface area (Å²) in [5, 5.41) is 11.4. The Morgan fingerprint density at radius 3 is 2.70 bits per heavy atom. The Morgan fingerprint density at radius 1 is 1.40 bits per heavy atom. The van der Waals surface area contributed by atoms with Crippen LogP contribution in [0.1, 0.15) is 29.9 Å². The van der Waals surface area contributed by atoms with Crippen molar-refractivity contribution in [1.29, 1.82) is 0 Å². The Balaban J connectivity index is 2.47. The van der Waals surface area contributed by atoms with Crippen LogP contribution in [0.2, 0.25) is 0 Å². The Bertz CT molecular complexity index is 470. The first-order chi connectivity index (χ1) is 9.71. The van der Waals surface area contributed by atoms with Gasteiger partial charge in [-0.3, -0.25) is 4.79 Å². The summed E-state index contributed by atoms with van der Waals surface area (Å²) in [6.07, 6.45) is 1.53. The second kappa shape index (κ2) is 9.08. The number of aromatic nitrogens is 1. The molecule has 1 aromatic rings. The summed E-state index contributed by atoms with van der Waals surface area (Å²) in [6.45, 7) is 7.39. The summed E-state index contributed by atoms with van der Waals surface area (Å²) < 4.78 is 0. The van der Waals surface area contributed by atoms with Crippen LogP contribution in [0.25, 0.3) is 0 Å². The smallest absolute Gasteiger partial charge is 0.269 e. The molecule has 0 radical (unpaired) electrons. The van der Waals surface area contributed by atoms with Gasteiger partial charge in [-0.15, -0.1) is 0 Å². The van der Waals surface area contributed by atoms with Gasteiger partial charge in [-0.2, -0.15) is 0 Å². The zero-order valence-electron chi connectivity index (χ0n) is 12.0. The molecule has 0 unspecified atom stereocenters. The number of rotatable bonds is 6. The predicted octanol–water partition coefficient (Wildman–Crippen LogP) is 0.497. The zero-order valence-corrected chi connectivity index (χ0v) is 12.0. The number of hydrogen-bond donors (Lipinski definition) is 2. The van der Waals surface area contributed by atoms with Gasteiger partial charge < -0.3 is 15.3 Å². The van der Waals surface area contributed by atoms with E-state index < -0.39 is 0 Å². The minimum Gasteiger partial charge on any atom is -0.384 e. The van der Waals surface area contributed by atoms with Gasteiger partial charge in [0.25, 0.3) is 5.91 Å². The van der Waals surface area contributed by atoms with Crippen molar-refractivity contribution < 1.29 is 9.90 Å². The van der Waals surface area contributed by atoms with Crippen LogP contribution in [0, 0.1) is 11.8 Å². The van der Waals surface area contributed by atoms with Gasteiger partial charge in [-0.1, -0.05) is 25.7 Å². The van der Waals surface area contributed by atoms with Gasteiger partial charge in [0.05, 0.1) is 0 Å². The third-order valence-corrected chi connectivity index (χ3v) is 2.92. The van der Waals surface area contributed by atoms with Crippen molar-refractivity contribution in [2.24, 2.45) is 0 Å². The highest BCUT2D eigenvalue weighted by atomic mass is 16.2. The number of pyridine rings is 1. The molecule has 0 spiro atoms. The quantitative estimate of drug-likeness (QED) is 0.742. The van der Waals surface area contributed by atoms with Crippen molar-refractivity contribution in [3.05, 3.63) is 29.6 Å². The van der Waals surface area contributed by atoms with E-state index >= 15 is 0 Å². The standard InChI is InChI=1S/C15H21N3O2/c1-3-18(4-2)10-9-16-15(20)14-8-7-13(12-17-14)6-5-11-19/h7-8,12,19H,3-4,9-11H2,1-2H3,(H,16,20). The fourth-order valence-corrected chi connectivity index (χ4v) is 1.70. The minimum absolute atomic E-state index is 0.182. The molecule has 0 saturated carbocycles. The molecular formula is C15H21N3O2. The molecule has 0 saturated heterocycles. The zero-order chi connectivity index (χ0) is 14.8. The number of hydrogen-bond acceptors (Lipinski definition) is 4. The number of aliphatic hydroxyl groups excluding tert-OH is 1. The maximum absolute atomic E-state index is 11.9. The molecule has 5 nitrogen and oxygen atoms in total. The first-order valence-electron chi connectivity index (χ1n) is 6.77.